The lowest BCUT2D eigenvalue weighted by atomic mass is 10.1. The van der Waals surface area contributed by atoms with E-state index in [0.29, 0.717) is 17.1 Å². The summed E-state index contributed by atoms with van der Waals surface area (Å²) in [5, 5.41) is 14.3. The standard InChI is InChI=1S/C16H17BrN2O2/c1-12(10-13-6-3-2-4-7-13)18-11-14-8-5-9-15(16(14)17)19(20)21/h2-9,12,18H,10-11H2,1H3. The number of nitro benzene ring substituents is 1. The smallest absolute Gasteiger partial charge is 0.283 e. The first kappa shape index (κ1) is 15.7. The van der Waals surface area contributed by atoms with Gasteiger partial charge in [-0.1, -0.05) is 42.5 Å². The fourth-order valence-corrected chi connectivity index (χ4v) is 2.72. The van der Waals surface area contributed by atoms with Crippen molar-refractivity contribution in [2.45, 2.75) is 25.9 Å². The topological polar surface area (TPSA) is 55.2 Å². The molecule has 0 saturated carbocycles. The van der Waals surface area contributed by atoms with Gasteiger partial charge in [-0.3, -0.25) is 10.1 Å². The second-order valence-corrected chi connectivity index (χ2v) is 5.77. The van der Waals surface area contributed by atoms with Crippen molar-refractivity contribution < 1.29 is 4.92 Å². The van der Waals surface area contributed by atoms with Gasteiger partial charge in [0, 0.05) is 18.7 Å². The molecule has 2 rings (SSSR count). The molecule has 5 heteroatoms. The van der Waals surface area contributed by atoms with E-state index in [0.717, 1.165) is 12.0 Å². The lowest BCUT2D eigenvalue weighted by Crippen LogP contribution is -2.27. The number of hydrogen-bond acceptors (Lipinski definition) is 3. The molecule has 4 nitrogen and oxygen atoms in total. The second kappa shape index (κ2) is 7.33. The summed E-state index contributed by atoms with van der Waals surface area (Å²) >= 11 is 3.32. The molecule has 0 heterocycles. The van der Waals surface area contributed by atoms with Crippen LogP contribution in [-0.4, -0.2) is 11.0 Å². The van der Waals surface area contributed by atoms with E-state index in [1.54, 1.807) is 6.07 Å². The number of benzene rings is 2. The molecule has 2 aromatic carbocycles. The molecule has 0 aliphatic carbocycles. The summed E-state index contributed by atoms with van der Waals surface area (Å²) in [6.45, 7) is 2.70. The molecule has 0 bridgehead atoms. The van der Waals surface area contributed by atoms with Crippen molar-refractivity contribution in [3.63, 3.8) is 0 Å². The summed E-state index contributed by atoms with van der Waals surface area (Å²) in [4.78, 5) is 10.5. The van der Waals surface area contributed by atoms with Gasteiger partial charge in [-0.05, 0) is 40.4 Å². The molecule has 2 aromatic rings. The van der Waals surface area contributed by atoms with E-state index in [4.69, 9.17) is 0 Å². The Morgan fingerprint density at radius 1 is 1.19 bits per heavy atom. The number of nitrogens with one attached hydrogen (secondary N) is 1. The zero-order valence-corrected chi connectivity index (χ0v) is 13.3. The fraction of sp³-hybridized carbons (Fsp3) is 0.250. The van der Waals surface area contributed by atoms with E-state index in [1.807, 2.05) is 24.3 Å². The molecular formula is C16H17BrN2O2. The van der Waals surface area contributed by atoms with Crippen LogP contribution < -0.4 is 5.32 Å². The van der Waals surface area contributed by atoms with Crippen molar-refractivity contribution in [1.82, 2.24) is 5.32 Å². The van der Waals surface area contributed by atoms with Gasteiger partial charge in [0.1, 0.15) is 0 Å². The van der Waals surface area contributed by atoms with E-state index < -0.39 is 0 Å². The van der Waals surface area contributed by atoms with Crippen molar-refractivity contribution in [2.75, 3.05) is 0 Å². The van der Waals surface area contributed by atoms with Gasteiger partial charge >= 0.3 is 0 Å². The van der Waals surface area contributed by atoms with Crippen molar-refractivity contribution in [3.05, 3.63) is 74.2 Å². The molecule has 0 aromatic heterocycles. The number of halogens is 1. The molecule has 0 saturated heterocycles. The maximum absolute atomic E-state index is 10.9. The Labute approximate surface area is 132 Å². The monoisotopic (exact) mass is 348 g/mol. The molecule has 1 N–H and O–H groups in total. The molecule has 0 aliphatic rings. The minimum atomic E-state index is -0.374. The largest absolute Gasteiger partial charge is 0.310 e. The number of rotatable bonds is 6. The molecule has 21 heavy (non-hydrogen) atoms. The molecule has 0 amide bonds. The Kier molecular flexibility index (Phi) is 5.47. The molecule has 0 aliphatic heterocycles. The Morgan fingerprint density at radius 2 is 1.90 bits per heavy atom. The highest BCUT2D eigenvalue weighted by atomic mass is 79.9. The molecule has 0 radical (unpaired) electrons. The van der Waals surface area contributed by atoms with Gasteiger partial charge in [0.05, 0.1) is 9.40 Å². The summed E-state index contributed by atoms with van der Waals surface area (Å²) in [5.74, 6) is 0. The lowest BCUT2D eigenvalue weighted by molar-refractivity contribution is -0.385. The van der Waals surface area contributed by atoms with Crippen LogP contribution in [0.1, 0.15) is 18.1 Å². The lowest BCUT2D eigenvalue weighted by Gasteiger charge is -2.14. The van der Waals surface area contributed by atoms with Gasteiger partial charge in [0.2, 0.25) is 0 Å². The highest BCUT2D eigenvalue weighted by Gasteiger charge is 2.15. The van der Waals surface area contributed by atoms with Gasteiger partial charge in [-0.25, -0.2) is 0 Å². The zero-order valence-electron chi connectivity index (χ0n) is 11.8. The van der Waals surface area contributed by atoms with Gasteiger partial charge in [0.15, 0.2) is 0 Å². The second-order valence-electron chi connectivity index (χ2n) is 4.98. The molecule has 0 fully saturated rings. The van der Waals surface area contributed by atoms with Gasteiger partial charge < -0.3 is 5.32 Å². The summed E-state index contributed by atoms with van der Waals surface area (Å²) < 4.78 is 0.550. The maximum Gasteiger partial charge on any atom is 0.283 e. The molecule has 1 unspecified atom stereocenters. The van der Waals surface area contributed by atoms with Crippen molar-refractivity contribution in [3.8, 4) is 0 Å². The van der Waals surface area contributed by atoms with Crippen LogP contribution in [0.15, 0.2) is 53.0 Å². The molecule has 0 spiro atoms. The van der Waals surface area contributed by atoms with Crippen LogP contribution in [0.3, 0.4) is 0 Å². The predicted molar refractivity (Wildman–Crippen MR) is 87.2 cm³/mol. The first-order valence-electron chi connectivity index (χ1n) is 6.77. The molecule has 1 atom stereocenters. The van der Waals surface area contributed by atoms with Gasteiger partial charge in [0.25, 0.3) is 5.69 Å². The van der Waals surface area contributed by atoms with E-state index in [9.17, 15) is 10.1 Å². The first-order chi connectivity index (χ1) is 10.1. The quantitative estimate of drug-likeness (QED) is 0.632. The normalized spacial score (nSPS) is 12.1. The first-order valence-corrected chi connectivity index (χ1v) is 7.56. The van der Waals surface area contributed by atoms with E-state index >= 15 is 0 Å². The number of nitrogens with zero attached hydrogens (tertiary/aromatic N) is 1. The SMILES string of the molecule is CC(Cc1ccccc1)NCc1cccc([N+](=O)[O-])c1Br. The van der Waals surface area contributed by atoms with E-state index in [2.05, 4.69) is 40.3 Å². The summed E-state index contributed by atoms with van der Waals surface area (Å²) in [5.41, 5.74) is 2.27. The van der Waals surface area contributed by atoms with Gasteiger partial charge in [-0.2, -0.15) is 0 Å². The summed E-state index contributed by atoms with van der Waals surface area (Å²) in [6, 6.07) is 15.6. The number of nitro groups is 1. The zero-order chi connectivity index (χ0) is 15.2. The maximum atomic E-state index is 10.9. The molecule has 110 valence electrons. The third-order valence-corrected chi connectivity index (χ3v) is 4.20. The van der Waals surface area contributed by atoms with E-state index in [1.165, 1.54) is 11.6 Å². The minimum absolute atomic E-state index is 0.102. The van der Waals surface area contributed by atoms with Crippen molar-refractivity contribution >= 4 is 21.6 Å². The molecular weight excluding hydrogens is 332 g/mol. The van der Waals surface area contributed by atoms with Crippen LogP contribution >= 0.6 is 15.9 Å². The van der Waals surface area contributed by atoms with Crippen LogP contribution in [0.25, 0.3) is 0 Å². The van der Waals surface area contributed by atoms with Crippen LogP contribution in [-0.2, 0) is 13.0 Å². The Balaban J connectivity index is 1.97. The summed E-state index contributed by atoms with van der Waals surface area (Å²) in [7, 11) is 0. The number of hydrogen-bond donors (Lipinski definition) is 1. The van der Waals surface area contributed by atoms with Crippen LogP contribution in [0.5, 0.6) is 0 Å². The van der Waals surface area contributed by atoms with Crippen LogP contribution in [0, 0.1) is 10.1 Å². The Bertz CT molecular complexity index is 617. The fourth-order valence-electron chi connectivity index (χ4n) is 2.17. The average Bonchev–Trinajstić information content (AvgIpc) is 2.47. The average molecular weight is 349 g/mol. The predicted octanol–water partition coefficient (Wildman–Crippen LogP) is 4.08. The Morgan fingerprint density at radius 3 is 2.57 bits per heavy atom. The van der Waals surface area contributed by atoms with E-state index in [-0.39, 0.29) is 10.6 Å². The van der Waals surface area contributed by atoms with Crippen molar-refractivity contribution in [2.24, 2.45) is 0 Å². The van der Waals surface area contributed by atoms with Crippen LogP contribution in [0.2, 0.25) is 0 Å². The third kappa shape index (κ3) is 4.37. The van der Waals surface area contributed by atoms with Crippen molar-refractivity contribution in [1.29, 1.82) is 0 Å². The summed E-state index contributed by atoms with van der Waals surface area (Å²) in [6.07, 6.45) is 0.924. The van der Waals surface area contributed by atoms with Gasteiger partial charge in [-0.15, -0.1) is 0 Å². The minimum Gasteiger partial charge on any atom is -0.310 e. The highest BCUT2D eigenvalue weighted by molar-refractivity contribution is 9.10. The Hall–Kier alpha value is -1.72. The van der Waals surface area contributed by atoms with Crippen LogP contribution in [0.4, 0.5) is 5.69 Å². The highest BCUT2D eigenvalue weighted by Crippen LogP contribution is 2.28. The third-order valence-electron chi connectivity index (χ3n) is 3.28.